The zero-order chi connectivity index (χ0) is 13.3. The Morgan fingerprint density at radius 3 is 2.61 bits per heavy atom. The van der Waals surface area contributed by atoms with Crippen molar-refractivity contribution in [3.05, 3.63) is 29.3 Å². The number of anilines is 1. The van der Waals surface area contributed by atoms with E-state index in [1.54, 1.807) is 0 Å². The van der Waals surface area contributed by atoms with Crippen LogP contribution in [0, 0.1) is 18.3 Å². The SMILES string of the molecule is Cc1ccc(N2CCC(C(C)(C)C)C2)c(CO)c1. The Kier molecular flexibility index (Phi) is 3.67. The zero-order valence-corrected chi connectivity index (χ0v) is 12.0. The highest BCUT2D eigenvalue weighted by atomic mass is 16.3. The van der Waals surface area contributed by atoms with Gasteiger partial charge in [-0.2, -0.15) is 0 Å². The number of nitrogens with zero attached hydrogens (tertiary/aromatic N) is 1. The van der Waals surface area contributed by atoms with Gasteiger partial charge in [0.15, 0.2) is 0 Å². The molecule has 2 heteroatoms. The van der Waals surface area contributed by atoms with E-state index in [-0.39, 0.29) is 6.61 Å². The van der Waals surface area contributed by atoms with Gasteiger partial charge in [-0.05, 0) is 30.7 Å². The van der Waals surface area contributed by atoms with Gasteiger partial charge in [0.2, 0.25) is 0 Å². The summed E-state index contributed by atoms with van der Waals surface area (Å²) in [6.07, 6.45) is 1.25. The molecule has 1 aromatic rings. The molecule has 0 aliphatic carbocycles. The van der Waals surface area contributed by atoms with Gasteiger partial charge >= 0.3 is 0 Å². The second-order valence-electron chi connectivity index (χ2n) is 6.59. The lowest BCUT2D eigenvalue weighted by Gasteiger charge is -2.28. The van der Waals surface area contributed by atoms with Crippen LogP contribution in [0.1, 0.15) is 38.3 Å². The molecule has 1 N–H and O–H groups in total. The summed E-state index contributed by atoms with van der Waals surface area (Å²) in [5.41, 5.74) is 3.87. The molecule has 1 unspecified atom stereocenters. The summed E-state index contributed by atoms with van der Waals surface area (Å²) in [6.45, 7) is 11.4. The van der Waals surface area contributed by atoms with Crippen molar-refractivity contribution in [2.45, 2.75) is 40.7 Å². The van der Waals surface area contributed by atoms with Gasteiger partial charge in [-0.25, -0.2) is 0 Å². The van der Waals surface area contributed by atoms with Gasteiger partial charge in [-0.15, -0.1) is 0 Å². The second-order valence-corrected chi connectivity index (χ2v) is 6.59. The van der Waals surface area contributed by atoms with Gasteiger partial charge in [0, 0.05) is 24.3 Å². The van der Waals surface area contributed by atoms with Gasteiger partial charge in [0.05, 0.1) is 6.61 Å². The minimum Gasteiger partial charge on any atom is -0.392 e. The van der Waals surface area contributed by atoms with Gasteiger partial charge in [0.25, 0.3) is 0 Å². The monoisotopic (exact) mass is 247 g/mol. The van der Waals surface area contributed by atoms with E-state index < -0.39 is 0 Å². The van der Waals surface area contributed by atoms with Crippen molar-refractivity contribution >= 4 is 5.69 Å². The number of aliphatic hydroxyl groups excluding tert-OH is 1. The largest absolute Gasteiger partial charge is 0.392 e. The number of benzene rings is 1. The molecule has 100 valence electrons. The van der Waals surface area contributed by atoms with E-state index in [9.17, 15) is 5.11 Å². The molecule has 1 fully saturated rings. The zero-order valence-electron chi connectivity index (χ0n) is 12.0. The van der Waals surface area contributed by atoms with Gasteiger partial charge < -0.3 is 10.0 Å². The maximum absolute atomic E-state index is 9.50. The van der Waals surface area contributed by atoms with Crippen LogP contribution in [0.2, 0.25) is 0 Å². The number of hydrogen-bond donors (Lipinski definition) is 1. The average Bonchev–Trinajstić information content (AvgIpc) is 2.77. The molecule has 1 saturated heterocycles. The van der Waals surface area contributed by atoms with Gasteiger partial charge in [0.1, 0.15) is 0 Å². The Bertz CT molecular complexity index is 420. The van der Waals surface area contributed by atoms with E-state index in [1.165, 1.54) is 17.7 Å². The Morgan fingerprint density at radius 1 is 1.33 bits per heavy atom. The van der Waals surface area contributed by atoms with Crippen LogP contribution in [0.15, 0.2) is 18.2 Å². The lowest BCUT2D eigenvalue weighted by atomic mass is 9.80. The van der Waals surface area contributed by atoms with Crippen molar-refractivity contribution in [1.82, 2.24) is 0 Å². The van der Waals surface area contributed by atoms with Crippen LogP contribution in [0.25, 0.3) is 0 Å². The minimum absolute atomic E-state index is 0.133. The van der Waals surface area contributed by atoms with Crippen molar-refractivity contribution in [3.63, 3.8) is 0 Å². The topological polar surface area (TPSA) is 23.5 Å². The standard InChI is InChI=1S/C16H25NO/c1-12-5-6-15(13(9-12)11-18)17-8-7-14(10-17)16(2,3)4/h5-6,9,14,18H,7-8,10-11H2,1-4H3. The number of rotatable bonds is 2. The third-order valence-electron chi connectivity index (χ3n) is 4.16. The van der Waals surface area contributed by atoms with Crippen LogP contribution in [0.5, 0.6) is 0 Å². The van der Waals surface area contributed by atoms with Crippen molar-refractivity contribution in [1.29, 1.82) is 0 Å². The third kappa shape index (κ3) is 2.69. The van der Waals surface area contributed by atoms with Gasteiger partial charge in [-0.1, -0.05) is 38.5 Å². The van der Waals surface area contributed by atoms with Crippen molar-refractivity contribution < 1.29 is 5.11 Å². The first-order chi connectivity index (χ1) is 8.41. The van der Waals surface area contributed by atoms with Crippen LogP contribution in [-0.2, 0) is 6.61 Å². The highest BCUT2D eigenvalue weighted by molar-refractivity contribution is 5.55. The Hall–Kier alpha value is -1.02. The molecular formula is C16H25NO. The predicted molar refractivity (Wildman–Crippen MR) is 76.9 cm³/mol. The van der Waals surface area contributed by atoms with E-state index >= 15 is 0 Å². The molecular weight excluding hydrogens is 222 g/mol. The van der Waals surface area contributed by atoms with Crippen LogP contribution in [-0.4, -0.2) is 18.2 Å². The maximum Gasteiger partial charge on any atom is 0.0702 e. The Morgan fingerprint density at radius 2 is 2.06 bits per heavy atom. The van der Waals surface area contributed by atoms with E-state index in [2.05, 4.69) is 50.8 Å². The van der Waals surface area contributed by atoms with E-state index in [4.69, 9.17) is 0 Å². The lowest BCUT2D eigenvalue weighted by Crippen LogP contribution is -2.26. The average molecular weight is 247 g/mol. The molecule has 0 bridgehead atoms. The van der Waals surface area contributed by atoms with Crippen LogP contribution in [0.4, 0.5) is 5.69 Å². The summed E-state index contributed by atoms with van der Waals surface area (Å²) in [6, 6.07) is 6.39. The molecule has 0 saturated carbocycles. The molecule has 0 radical (unpaired) electrons. The number of aliphatic hydroxyl groups is 1. The summed E-state index contributed by atoms with van der Waals surface area (Å²) in [7, 11) is 0. The van der Waals surface area contributed by atoms with Crippen LogP contribution in [0.3, 0.4) is 0 Å². The molecule has 2 rings (SSSR count). The highest BCUT2D eigenvalue weighted by Crippen LogP contribution is 2.36. The van der Waals surface area contributed by atoms with Gasteiger partial charge in [-0.3, -0.25) is 0 Å². The fraction of sp³-hybridized carbons (Fsp3) is 0.625. The molecule has 0 aromatic heterocycles. The molecule has 1 atom stereocenters. The predicted octanol–water partition coefficient (Wildman–Crippen LogP) is 3.36. The first-order valence-corrected chi connectivity index (χ1v) is 6.87. The number of hydrogen-bond acceptors (Lipinski definition) is 2. The summed E-state index contributed by atoms with van der Waals surface area (Å²) in [5, 5.41) is 9.50. The maximum atomic E-state index is 9.50. The molecule has 1 aliphatic rings. The minimum atomic E-state index is 0.133. The van der Waals surface area contributed by atoms with Crippen molar-refractivity contribution in [3.8, 4) is 0 Å². The summed E-state index contributed by atoms with van der Waals surface area (Å²) < 4.78 is 0. The summed E-state index contributed by atoms with van der Waals surface area (Å²) >= 11 is 0. The molecule has 1 heterocycles. The molecule has 0 spiro atoms. The fourth-order valence-corrected chi connectivity index (χ4v) is 2.84. The van der Waals surface area contributed by atoms with Crippen molar-refractivity contribution in [2.75, 3.05) is 18.0 Å². The molecule has 1 aromatic carbocycles. The second kappa shape index (κ2) is 4.93. The van der Waals surface area contributed by atoms with E-state index in [1.807, 2.05) is 0 Å². The molecule has 1 aliphatic heterocycles. The van der Waals surface area contributed by atoms with Crippen molar-refractivity contribution in [2.24, 2.45) is 11.3 Å². The smallest absolute Gasteiger partial charge is 0.0702 e. The molecule has 0 amide bonds. The molecule has 18 heavy (non-hydrogen) atoms. The first kappa shape index (κ1) is 13.4. The third-order valence-corrected chi connectivity index (χ3v) is 4.16. The highest BCUT2D eigenvalue weighted by Gasteiger charge is 2.32. The number of aryl methyl sites for hydroxylation is 1. The van der Waals surface area contributed by atoms with E-state index in [0.717, 1.165) is 24.6 Å². The first-order valence-electron chi connectivity index (χ1n) is 6.87. The quantitative estimate of drug-likeness (QED) is 0.866. The fourth-order valence-electron chi connectivity index (χ4n) is 2.84. The van der Waals surface area contributed by atoms with Crippen LogP contribution < -0.4 is 4.90 Å². The Labute approximate surface area is 111 Å². The van der Waals surface area contributed by atoms with Crippen LogP contribution >= 0.6 is 0 Å². The summed E-state index contributed by atoms with van der Waals surface area (Å²) in [4.78, 5) is 2.43. The molecule has 2 nitrogen and oxygen atoms in total. The van der Waals surface area contributed by atoms with E-state index in [0.29, 0.717) is 5.41 Å². The summed E-state index contributed by atoms with van der Waals surface area (Å²) in [5.74, 6) is 0.741. The lowest BCUT2D eigenvalue weighted by molar-refractivity contribution is 0.263. The normalized spacial score (nSPS) is 20.5. The Balaban J connectivity index is 2.19.